The highest BCUT2D eigenvalue weighted by molar-refractivity contribution is 5.94. The van der Waals surface area contributed by atoms with Gasteiger partial charge in [-0.25, -0.2) is 9.59 Å². The third-order valence-corrected chi connectivity index (χ3v) is 3.66. The number of likely N-dealkylation sites (tertiary alicyclic amines) is 1. The minimum absolute atomic E-state index is 0.250. The molecule has 20 heavy (non-hydrogen) atoms. The number of amides is 2. The molecule has 1 aliphatic heterocycles. The average Bonchev–Trinajstić information content (AvgIpc) is 2.85. The Labute approximate surface area is 118 Å². The summed E-state index contributed by atoms with van der Waals surface area (Å²) < 4.78 is 0. The quantitative estimate of drug-likeness (QED) is 0.902. The second-order valence-corrected chi connectivity index (χ2v) is 5.38. The predicted molar refractivity (Wildman–Crippen MR) is 77.1 cm³/mol. The predicted octanol–water partition coefficient (Wildman–Crippen LogP) is 2.41. The highest BCUT2D eigenvalue weighted by atomic mass is 16.4. The molecule has 5 heteroatoms. The number of rotatable bonds is 2. The van der Waals surface area contributed by atoms with Gasteiger partial charge in [0.15, 0.2) is 0 Å². The van der Waals surface area contributed by atoms with Gasteiger partial charge in [0.05, 0.1) is 0 Å². The number of aryl methyl sites for hydroxylation is 2. The highest BCUT2D eigenvalue weighted by Crippen LogP contribution is 2.23. The Morgan fingerprint density at radius 3 is 2.40 bits per heavy atom. The number of hydrogen-bond donors (Lipinski definition) is 1. The number of nitrogens with zero attached hydrogens (tertiary/aromatic N) is 2. The number of anilines is 1. The van der Waals surface area contributed by atoms with Gasteiger partial charge in [0.2, 0.25) is 0 Å². The summed E-state index contributed by atoms with van der Waals surface area (Å²) in [4.78, 5) is 26.6. The Hall–Kier alpha value is -2.04. The van der Waals surface area contributed by atoms with Crippen LogP contribution in [0.5, 0.6) is 0 Å². The maximum atomic E-state index is 12.5. The van der Waals surface area contributed by atoms with Gasteiger partial charge in [-0.2, -0.15) is 0 Å². The number of carboxylic acid groups (broad SMARTS) is 1. The third-order valence-electron chi connectivity index (χ3n) is 3.66. The molecule has 108 valence electrons. The van der Waals surface area contributed by atoms with Crippen LogP contribution in [0, 0.1) is 13.8 Å². The van der Waals surface area contributed by atoms with E-state index in [1.54, 1.807) is 7.05 Å². The van der Waals surface area contributed by atoms with Gasteiger partial charge >= 0.3 is 12.0 Å². The Balaban J connectivity index is 2.22. The molecule has 1 aromatic carbocycles. The molecule has 0 saturated carbocycles. The van der Waals surface area contributed by atoms with Crippen LogP contribution < -0.4 is 4.90 Å². The fourth-order valence-electron chi connectivity index (χ4n) is 2.70. The summed E-state index contributed by atoms with van der Waals surface area (Å²) in [5.74, 6) is -0.926. The van der Waals surface area contributed by atoms with Gasteiger partial charge in [0.1, 0.15) is 6.04 Å². The van der Waals surface area contributed by atoms with Crippen LogP contribution in [0.4, 0.5) is 10.5 Å². The van der Waals surface area contributed by atoms with Crippen LogP contribution >= 0.6 is 0 Å². The van der Waals surface area contributed by atoms with Crippen LogP contribution in [-0.2, 0) is 4.79 Å². The first-order chi connectivity index (χ1) is 9.40. The van der Waals surface area contributed by atoms with E-state index in [4.69, 9.17) is 5.11 Å². The van der Waals surface area contributed by atoms with Crippen LogP contribution in [0.25, 0.3) is 0 Å². The van der Waals surface area contributed by atoms with Crippen molar-refractivity contribution >= 4 is 17.7 Å². The minimum atomic E-state index is -0.926. The van der Waals surface area contributed by atoms with E-state index in [0.29, 0.717) is 13.0 Å². The van der Waals surface area contributed by atoms with Gasteiger partial charge in [0, 0.05) is 19.3 Å². The Morgan fingerprint density at radius 1 is 1.25 bits per heavy atom. The number of hydrogen-bond acceptors (Lipinski definition) is 2. The number of benzene rings is 1. The third kappa shape index (κ3) is 2.76. The number of aliphatic carboxylic acids is 1. The molecule has 0 radical (unpaired) electrons. The zero-order valence-corrected chi connectivity index (χ0v) is 12.1. The highest BCUT2D eigenvalue weighted by Gasteiger charge is 2.35. The second-order valence-electron chi connectivity index (χ2n) is 5.38. The first-order valence-corrected chi connectivity index (χ1v) is 6.75. The molecular weight excluding hydrogens is 256 g/mol. The van der Waals surface area contributed by atoms with E-state index in [1.165, 1.54) is 9.80 Å². The van der Waals surface area contributed by atoms with Crippen LogP contribution in [-0.4, -0.2) is 41.6 Å². The minimum Gasteiger partial charge on any atom is -0.480 e. The number of urea groups is 1. The van der Waals surface area contributed by atoms with Crippen LogP contribution in [0.3, 0.4) is 0 Å². The molecule has 0 bridgehead atoms. The Bertz CT molecular complexity index is 522. The fourth-order valence-corrected chi connectivity index (χ4v) is 2.70. The number of carbonyl (C=O) groups is 2. The van der Waals surface area contributed by atoms with Crippen molar-refractivity contribution < 1.29 is 14.7 Å². The van der Waals surface area contributed by atoms with Crippen LogP contribution in [0.15, 0.2) is 18.2 Å². The summed E-state index contributed by atoms with van der Waals surface area (Å²) in [7, 11) is 1.69. The van der Waals surface area contributed by atoms with Gasteiger partial charge in [0.25, 0.3) is 0 Å². The standard InChI is InChI=1S/C15H20N2O3/c1-10-7-11(2)9-12(8-10)16(3)15(20)17-6-4-5-13(17)14(18)19/h7-9,13H,4-6H2,1-3H3,(H,18,19). The molecule has 1 aromatic rings. The van der Waals surface area contributed by atoms with Crippen molar-refractivity contribution in [3.8, 4) is 0 Å². The molecule has 0 spiro atoms. The molecule has 1 unspecified atom stereocenters. The first kappa shape index (κ1) is 14.4. The lowest BCUT2D eigenvalue weighted by atomic mass is 10.1. The first-order valence-electron chi connectivity index (χ1n) is 6.75. The zero-order chi connectivity index (χ0) is 14.9. The molecule has 1 heterocycles. The number of carbonyl (C=O) groups excluding carboxylic acids is 1. The van der Waals surface area contributed by atoms with Crippen molar-refractivity contribution in [1.82, 2.24) is 4.90 Å². The maximum Gasteiger partial charge on any atom is 0.326 e. The molecule has 1 atom stereocenters. The smallest absolute Gasteiger partial charge is 0.326 e. The van der Waals surface area contributed by atoms with Gasteiger partial charge in [-0.05, 0) is 49.9 Å². The van der Waals surface area contributed by atoms with E-state index in [9.17, 15) is 9.59 Å². The van der Waals surface area contributed by atoms with E-state index in [2.05, 4.69) is 0 Å². The van der Waals surface area contributed by atoms with Gasteiger partial charge < -0.3 is 10.0 Å². The van der Waals surface area contributed by atoms with Crippen LogP contribution in [0.2, 0.25) is 0 Å². The molecule has 0 aromatic heterocycles. The summed E-state index contributed by atoms with van der Waals surface area (Å²) >= 11 is 0. The van der Waals surface area contributed by atoms with E-state index >= 15 is 0 Å². The fraction of sp³-hybridized carbons (Fsp3) is 0.467. The van der Waals surface area contributed by atoms with Crippen molar-refractivity contribution in [2.75, 3.05) is 18.5 Å². The summed E-state index contributed by atoms with van der Waals surface area (Å²) in [6.07, 6.45) is 1.27. The summed E-state index contributed by atoms with van der Waals surface area (Å²) in [6.45, 7) is 4.46. The molecule has 5 nitrogen and oxygen atoms in total. The summed E-state index contributed by atoms with van der Waals surface area (Å²) in [5.41, 5.74) is 2.95. The van der Waals surface area contributed by atoms with E-state index < -0.39 is 12.0 Å². The van der Waals surface area contributed by atoms with Crippen LogP contribution in [0.1, 0.15) is 24.0 Å². The molecule has 2 rings (SSSR count). The van der Waals surface area contributed by atoms with Gasteiger partial charge in [-0.1, -0.05) is 6.07 Å². The summed E-state index contributed by atoms with van der Waals surface area (Å²) in [5, 5.41) is 9.16. The lowest BCUT2D eigenvalue weighted by molar-refractivity contribution is -0.141. The van der Waals surface area contributed by atoms with Crippen molar-refractivity contribution in [2.45, 2.75) is 32.7 Å². The normalized spacial score (nSPS) is 18.1. The van der Waals surface area contributed by atoms with Crippen molar-refractivity contribution in [3.05, 3.63) is 29.3 Å². The largest absolute Gasteiger partial charge is 0.480 e. The van der Waals surface area contributed by atoms with Crippen molar-refractivity contribution in [3.63, 3.8) is 0 Å². The van der Waals surface area contributed by atoms with E-state index in [1.807, 2.05) is 32.0 Å². The number of carboxylic acids is 1. The molecule has 1 N–H and O–H groups in total. The van der Waals surface area contributed by atoms with Crippen molar-refractivity contribution in [2.24, 2.45) is 0 Å². The molecule has 1 saturated heterocycles. The monoisotopic (exact) mass is 276 g/mol. The van der Waals surface area contributed by atoms with E-state index in [-0.39, 0.29) is 6.03 Å². The molecular formula is C15H20N2O3. The Morgan fingerprint density at radius 2 is 1.85 bits per heavy atom. The summed E-state index contributed by atoms with van der Waals surface area (Å²) in [6, 6.07) is 4.95. The topological polar surface area (TPSA) is 60.9 Å². The SMILES string of the molecule is Cc1cc(C)cc(N(C)C(=O)N2CCCC2C(=O)O)c1. The lowest BCUT2D eigenvalue weighted by Crippen LogP contribution is -2.46. The zero-order valence-electron chi connectivity index (χ0n) is 12.1. The Kier molecular flexibility index (Phi) is 3.97. The molecule has 2 amide bonds. The molecule has 1 aliphatic rings. The van der Waals surface area contributed by atoms with Crippen molar-refractivity contribution in [1.29, 1.82) is 0 Å². The van der Waals surface area contributed by atoms with Gasteiger partial charge in [-0.15, -0.1) is 0 Å². The van der Waals surface area contributed by atoms with Gasteiger partial charge in [-0.3, -0.25) is 4.90 Å². The second kappa shape index (κ2) is 5.53. The maximum absolute atomic E-state index is 12.5. The average molecular weight is 276 g/mol. The lowest BCUT2D eigenvalue weighted by Gasteiger charge is -2.28. The molecule has 0 aliphatic carbocycles. The molecule has 1 fully saturated rings. The van der Waals surface area contributed by atoms with E-state index in [0.717, 1.165) is 23.2 Å².